The minimum Gasteiger partial charge on any atom is -0.366 e. The van der Waals surface area contributed by atoms with E-state index in [0.29, 0.717) is 16.4 Å². The van der Waals surface area contributed by atoms with E-state index >= 15 is 0 Å². The van der Waals surface area contributed by atoms with Gasteiger partial charge in [-0.1, -0.05) is 30.0 Å². The molecule has 0 aliphatic heterocycles. The van der Waals surface area contributed by atoms with Crippen molar-refractivity contribution in [2.45, 2.75) is 24.1 Å². The molecule has 0 spiro atoms. The number of hydrogen-bond donors (Lipinski definition) is 2. The van der Waals surface area contributed by atoms with Crippen LogP contribution in [-0.4, -0.2) is 27.0 Å². The number of carbonyl (C=O) groups is 2. The number of thioether (sulfide) groups is 1. The lowest BCUT2D eigenvalue weighted by Gasteiger charge is -2.13. The van der Waals surface area contributed by atoms with E-state index in [9.17, 15) is 9.59 Å². The zero-order valence-corrected chi connectivity index (χ0v) is 15.3. The van der Waals surface area contributed by atoms with E-state index in [4.69, 9.17) is 5.73 Å². The number of para-hydroxylation sites is 1. The quantitative estimate of drug-likeness (QED) is 0.529. The van der Waals surface area contributed by atoms with Gasteiger partial charge in [0.15, 0.2) is 0 Å². The Bertz CT molecular complexity index is 955. The van der Waals surface area contributed by atoms with Crippen molar-refractivity contribution in [3.05, 3.63) is 47.1 Å². The van der Waals surface area contributed by atoms with Crippen molar-refractivity contribution < 1.29 is 9.59 Å². The molecule has 0 saturated heterocycles. The first-order valence-electron chi connectivity index (χ1n) is 7.54. The summed E-state index contributed by atoms with van der Waals surface area (Å²) in [6.45, 7) is 3.62. The van der Waals surface area contributed by atoms with Crippen molar-refractivity contribution >= 4 is 50.8 Å². The van der Waals surface area contributed by atoms with Crippen LogP contribution in [0.5, 0.6) is 0 Å². The van der Waals surface area contributed by atoms with Crippen LogP contribution < -0.4 is 11.1 Å². The highest BCUT2D eigenvalue weighted by Gasteiger charge is 2.20. The molecule has 2 amide bonds. The molecule has 3 N–H and O–H groups in total. The molecule has 1 aromatic carbocycles. The van der Waals surface area contributed by atoms with E-state index in [-0.39, 0.29) is 5.91 Å². The number of benzene rings is 1. The zero-order valence-electron chi connectivity index (χ0n) is 13.6. The fourth-order valence-corrected chi connectivity index (χ4v) is 4.06. The summed E-state index contributed by atoms with van der Waals surface area (Å²) in [5.74, 6) is -0.118. The summed E-state index contributed by atoms with van der Waals surface area (Å²) in [6, 6.07) is 9.29. The van der Waals surface area contributed by atoms with Gasteiger partial charge in [0.2, 0.25) is 5.91 Å². The number of nitrogens with zero attached hydrogens (tertiary/aromatic N) is 2. The van der Waals surface area contributed by atoms with Crippen LogP contribution in [0.4, 0.5) is 5.00 Å². The third-order valence-electron chi connectivity index (χ3n) is 3.51. The number of rotatable bonds is 5. The van der Waals surface area contributed by atoms with E-state index in [0.717, 1.165) is 15.9 Å². The Morgan fingerprint density at radius 2 is 2.00 bits per heavy atom. The largest absolute Gasteiger partial charge is 0.366 e. The number of carbonyl (C=O) groups excluding carboxylic acids is 2. The van der Waals surface area contributed by atoms with E-state index in [1.807, 2.05) is 31.2 Å². The molecule has 0 radical (unpaired) electrons. The van der Waals surface area contributed by atoms with Crippen LogP contribution in [-0.2, 0) is 4.79 Å². The molecule has 0 bridgehead atoms. The van der Waals surface area contributed by atoms with Gasteiger partial charge in [-0.05, 0) is 31.4 Å². The molecule has 0 fully saturated rings. The van der Waals surface area contributed by atoms with Crippen molar-refractivity contribution in [2.75, 3.05) is 5.32 Å². The second-order valence-electron chi connectivity index (χ2n) is 5.37. The molecule has 3 rings (SSSR count). The predicted octanol–water partition coefficient (Wildman–Crippen LogP) is 3.22. The average molecular weight is 372 g/mol. The van der Waals surface area contributed by atoms with Crippen molar-refractivity contribution in [3.63, 3.8) is 0 Å². The minimum atomic E-state index is -0.561. The van der Waals surface area contributed by atoms with E-state index in [2.05, 4.69) is 15.3 Å². The highest BCUT2D eigenvalue weighted by Crippen LogP contribution is 2.30. The van der Waals surface area contributed by atoms with Crippen LogP contribution in [0.25, 0.3) is 10.9 Å². The van der Waals surface area contributed by atoms with Crippen LogP contribution in [0.3, 0.4) is 0 Å². The van der Waals surface area contributed by atoms with E-state index < -0.39 is 11.2 Å². The lowest BCUT2D eigenvalue weighted by Crippen LogP contribution is -2.23. The fourth-order valence-electron chi connectivity index (χ4n) is 2.28. The van der Waals surface area contributed by atoms with Crippen molar-refractivity contribution in [1.82, 2.24) is 9.97 Å². The summed E-state index contributed by atoms with van der Waals surface area (Å²) in [6.07, 6.45) is 0. The molecule has 1 atom stereocenters. The summed E-state index contributed by atoms with van der Waals surface area (Å²) in [5.41, 5.74) is 6.47. The summed E-state index contributed by atoms with van der Waals surface area (Å²) in [5, 5.41) is 6.22. The summed E-state index contributed by atoms with van der Waals surface area (Å²) in [7, 11) is 0. The van der Waals surface area contributed by atoms with Crippen LogP contribution in [0.2, 0.25) is 0 Å². The van der Waals surface area contributed by atoms with Gasteiger partial charge in [-0.2, -0.15) is 0 Å². The highest BCUT2D eigenvalue weighted by atomic mass is 32.2. The minimum absolute atomic E-state index is 0.213. The first-order valence-corrected chi connectivity index (χ1v) is 9.30. The van der Waals surface area contributed by atoms with Gasteiger partial charge >= 0.3 is 0 Å². The van der Waals surface area contributed by atoms with Crippen LogP contribution in [0.1, 0.15) is 23.1 Å². The SMILES string of the molecule is Cc1nc(S[C@H](C)C(=O)Nc2sccc2C(N)=O)c2ccccc2n1. The molecule has 0 aliphatic carbocycles. The molecule has 0 saturated carbocycles. The number of aromatic nitrogens is 2. The topological polar surface area (TPSA) is 98.0 Å². The Labute approximate surface area is 152 Å². The molecule has 8 heteroatoms. The van der Waals surface area contributed by atoms with Crippen molar-refractivity contribution in [2.24, 2.45) is 5.73 Å². The maximum atomic E-state index is 12.5. The number of primary amides is 1. The Morgan fingerprint density at radius 3 is 2.76 bits per heavy atom. The molecule has 2 heterocycles. The van der Waals surface area contributed by atoms with Crippen LogP contribution >= 0.6 is 23.1 Å². The Balaban J connectivity index is 1.80. The predicted molar refractivity (Wildman–Crippen MR) is 101 cm³/mol. The number of amides is 2. The van der Waals surface area contributed by atoms with Gasteiger partial charge < -0.3 is 11.1 Å². The first-order chi connectivity index (χ1) is 12.0. The van der Waals surface area contributed by atoms with Gasteiger partial charge in [-0.25, -0.2) is 9.97 Å². The molecular weight excluding hydrogens is 356 g/mol. The average Bonchev–Trinajstić information content (AvgIpc) is 3.03. The van der Waals surface area contributed by atoms with E-state index in [1.165, 1.54) is 23.1 Å². The summed E-state index contributed by atoms with van der Waals surface area (Å²) in [4.78, 5) is 32.7. The molecule has 128 valence electrons. The second kappa shape index (κ2) is 7.20. The highest BCUT2D eigenvalue weighted by molar-refractivity contribution is 8.00. The molecule has 25 heavy (non-hydrogen) atoms. The standard InChI is InChI=1S/C17H16N4O2S2/c1-9(15(23)21-16-12(14(18)22)7-8-24-16)25-17-11-5-3-4-6-13(11)19-10(2)20-17/h3-9H,1-2H3,(H2,18,22)(H,21,23)/t9-/m1/s1. The molecular formula is C17H16N4O2S2. The number of hydrogen-bond acceptors (Lipinski definition) is 6. The van der Waals surface area contributed by atoms with Gasteiger partial charge in [0.25, 0.3) is 5.91 Å². The fraction of sp³-hybridized carbons (Fsp3) is 0.176. The number of aryl methyl sites for hydroxylation is 1. The summed E-state index contributed by atoms with van der Waals surface area (Å²) >= 11 is 2.62. The third kappa shape index (κ3) is 3.80. The lowest BCUT2D eigenvalue weighted by molar-refractivity contribution is -0.115. The maximum Gasteiger partial charge on any atom is 0.251 e. The lowest BCUT2D eigenvalue weighted by atomic mass is 10.2. The first kappa shape index (κ1) is 17.4. The maximum absolute atomic E-state index is 12.5. The third-order valence-corrected chi connectivity index (χ3v) is 5.44. The van der Waals surface area contributed by atoms with Crippen LogP contribution in [0, 0.1) is 6.92 Å². The number of anilines is 1. The molecule has 0 aliphatic rings. The Kier molecular flexibility index (Phi) is 5.00. The Hall–Kier alpha value is -2.45. The zero-order chi connectivity index (χ0) is 18.0. The molecule has 3 aromatic rings. The van der Waals surface area contributed by atoms with E-state index in [1.54, 1.807) is 18.4 Å². The molecule has 0 unspecified atom stereocenters. The van der Waals surface area contributed by atoms with Gasteiger partial charge in [-0.15, -0.1) is 11.3 Å². The number of thiophene rings is 1. The van der Waals surface area contributed by atoms with Gasteiger partial charge in [0.1, 0.15) is 15.9 Å². The van der Waals surface area contributed by atoms with Gasteiger partial charge in [0.05, 0.1) is 16.3 Å². The van der Waals surface area contributed by atoms with Crippen LogP contribution in [0.15, 0.2) is 40.7 Å². The number of fused-ring (bicyclic) bond motifs is 1. The Morgan fingerprint density at radius 1 is 1.24 bits per heavy atom. The van der Waals surface area contributed by atoms with Crippen molar-refractivity contribution in [3.8, 4) is 0 Å². The number of nitrogens with one attached hydrogen (secondary N) is 1. The summed E-state index contributed by atoms with van der Waals surface area (Å²) < 4.78 is 0. The second-order valence-corrected chi connectivity index (χ2v) is 7.62. The van der Waals surface area contributed by atoms with Crippen molar-refractivity contribution in [1.29, 1.82) is 0 Å². The van der Waals surface area contributed by atoms with Gasteiger partial charge in [-0.3, -0.25) is 9.59 Å². The monoisotopic (exact) mass is 372 g/mol. The smallest absolute Gasteiger partial charge is 0.251 e. The van der Waals surface area contributed by atoms with Gasteiger partial charge in [0, 0.05) is 5.39 Å². The normalized spacial score (nSPS) is 12.1. The molecule has 2 aromatic heterocycles. The number of nitrogens with two attached hydrogens (primary N) is 1. The molecule has 6 nitrogen and oxygen atoms in total.